The smallest absolute Gasteiger partial charge is 0.337 e. The van der Waals surface area contributed by atoms with E-state index in [0.717, 1.165) is 11.1 Å². The maximum atomic E-state index is 11.6. The first kappa shape index (κ1) is 18.3. The van der Waals surface area contributed by atoms with Crippen molar-refractivity contribution in [3.63, 3.8) is 0 Å². The highest BCUT2D eigenvalue weighted by Crippen LogP contribution is 2.42. The Morgan fingerprint density at radius 2 is 1.56 bits per heavy atom. The second-order valence-corrected chi connectivity index (χ2v) is 4.94. The molecule has 2 aromatic rings. The summed E-state index contributed by atoms with van der Waals surface area (Å²) in [7, 11) is 1.34. The molecule has 132 valence electrons. The van der Waals surface area contributed by atoms with Crippen LogP contribution < -0.4 is 14.2 Å². The van der Waals surface area contributed by atoms with Crippen LogP contribution in [0.15, 0.2) is 36.4 Å². The summed E-state index contributed by atoms with van der Waals surface area (Å²) in [5, 5.41) is 0. The van der Waals surface area contributed by atoms with Gasteiger partial charge in [0.15, 0.2) is 0 Å². The number of esters is 1. The van der Waals surface area contributed by atoms with Crippen molar-refractivity contribution in [2.24, 2.45) is 0 Å². The van der Waals surface area contributed by atoms with Gasteiger partial charge >= 0.3 is 5.97 Å². The highest BCUT2D eigenvalue weighted by Gasteiger charge is 2.17. The molecule has 0 unspecified atom stereocenters. The maximum Gasteiger partial charge on any atom is 0.337 e. The third-order valence-electron chi connectivity index (χ3n) is 3.42. The first-order chi connectivity index (χ1) is 12.1. The SMILES string of the molecule is CCOc1cc(OC=O)cc(OCC)c1-c1ccc(C(=O)OC)cc1. The van der Waals surface area contributed by atoms with Gasteiger partial charge in [0, 0.05) is 12.1 Å². The molecular formula is C19H20O6. The van der Waals surface area contributed by atoms with Crippen LogP contribution in [0.4, 0.5) is 0 Å². The Bertz CT molecular complexity index is 709. The Morgan fingerprint density at radius 1 is 1.00 bits per heavy atom. The summed E-state index contributed by atoms with van der Waals surface area (Å²) in [4.78, 5) is 22.2. The maximum absolute atomic E-state index is 11.6. The van der Waals surface area contributed by atoms with E-state index in [1.54, 1.807) is 36.4 Å². The molecule has 0 N–H and O–H groups in total. The summed E-state index contributed by atoms with van der Waals surface area (Å²) in [6, 6.07) is 10.2. The fraction of sp³-hybridized carbons (Fsp3) is 0.263. The molecule has 0 aromatic heterocycles. The highest BCUT2D eigenvalue weighted by molar-refractivity contribution is 5.90. The molecule has 0 aliphatic rings. The van der Waals surface area contributed by atoms with Crippen LogP contribution in [0.1, 0.15) is 24.2 Å². The van der Waals surface area contributed by atoms with E-state index in [9.17, 15) is 9.59 Å². The van der Waals surface area contributed by atoms with Crippen molar-refractivity contribution in [2.45, 2.75) is 13.8 Å². The summed E-state index contributed by atoms with van der Waals surface area (Å²) < 4.78 is 21.0. The molecule has 0 aliphatic carbocycles. The predicted octanol–water partition coefficient (Wildman–Crippen LogP) is 3.47. The van der Waals surface area contributed by atoms with Gasteiger partial charge in [-0.1, -0.05) is 12.1 Å². The Labute approximate surface area is 146 Å². The third-order valence-corrected chi connectivity index (χ3v) is 3.42. The van der Waals surface area contributed by atoms with Crippen LogP contribution in [0.5, 0.6) is 17.2 Å². The van der Waals surface area contributed by atoms with Crippen molar-refractivity contribution in [1.82, 2.24) is 0 Å². The van der Waals surface area contributed by atoms with Gasteiger partial charge in [-0.25, -0.2) is 4.79 Å². The van der Waals surface area contributed by atoms with Crippen molar-refractivity contribution in [3.8, 4) is 28.4 Å². The lowest BCUT2D eigenvalue weighted by molar-refractivity contribution is -0.120. The second kappa shape index (κ2) is 8.73. The minimum absolute atomic E-state index is 0.330. The van der Waals surface area contributed by atoms with Crippen LogP contribution in [0.3, 0.4) is 0 Å². The van der Waals surface area contributed by atoms with Gasteiger partial charge in [-0.2, -0.15) is 0 Å². The molecule has 0 fully saturated rings. The van der Waals surface area contributed by atoms with Crippen LogP contribution in [-0.2, 0) is 9.53 Å². The van der Waals surface area contributed by atoms with Gasteiger partial charge in [-0.05, 0) is 31.5 Å². The van der Waals surface area contributed by atoms with Gasteiger partial charge in [0.25, 0.3) is 6.47 Å². The molecule has 2 aromatic carbocycles. The summed E-state index contributed by atoms with van der Waals surface area (Å²) in [6.45, 7) is 4.94. The highest BCUT2D eigenvalue weighted by atomic mass is 16.5. The molecule has 0 saturated carbocycles. The van der Waals surface area contributed by atoms with Gasteiger partial charge in [0.1, 0.15) is 17.2 Å². The van der Waals surface area contributed by atoms with Gasteiger partial charge in [0.2, 0.25) is 0 Å². The Balaban J connectivity index is 2.56. The van der Waals surface area contributed by atoms with E-state index in [4.69, 9.17) is 18.9 Å². The number of rotatable bonds is 8. The predicted molar refractivity (Wildman–Crippen MR) is 92.2 cm³/mol. The average Bonchev–Trinajstić information content (AvgIpc) is 2.62. The Hall–Kier alpha value is -3.02. The number of carbonyl (C=O) groups excluding carboxylic acids is 2. The van der Waals surface area contributed by atoms with E-state index in [-0.39, 0.29) is 0 Å². The van der Waals surface area contributed by atoms with E-state index in [1.807, 2.05) is 13.8 Å². The second-order valence-electron chi connectivity index (χ2n) is 4.94. The molecule has 0 aliphatic heterocycles. The van der Waals surface area contributed by atoms with Crippen LogP contribution >= 0.6 is 0 Å². The van der Waals surface area contributed by atoms with E-state index in [1.165, 1.54) is 7.11 Å². The zero-order chi connectivity index (χ0) is 18.2. The molecule has 0 radical (unpaired) electrons. The number of hydrogen-bond donors (Lipinski definition) is 0. The summed E-state index contributed by atoms with van der Waals surface area (Å²) >= 11 is 0. The summed E-state index contributed by atoms with van der Waals surface area (Å²) in [5.74, 6) is 0.973. The molecule has 6 nitrogen and oxygen atoms in total. The van der Waals surface area contributed by atoms with Gasteiger partial charge in [-0.15, -0.1) is 0 Å². The number of carbonyl (C=O) groups is 2. The Morgan fingerprint density at radius 3 is 2.00 bits per heavy atom. The lowest BCUT2D eigenvalue weighted by Crippen LogP contribution is -2.02. The zero-order valence-electron chi connectivity index (χ0n) is 14.4. The van der Waals surface area contributed by atoms with E-state index < -0.39 is 5.97 Å². The normalized spacial score (nSPS) is 10.0. The zero-order valence-corrected chi connectivity index (χ0v) is 14.4. The number of hydrogen-bond acceptors (Lipinski definition) is 6. The fourth-order valence-corrected chi connectivity index (χ4v) is 2.40. The van der Waals surface area contributed by atoms with Crippen molar-refractivity contribution in [1.29, 1.82) is 0 Å². The van der Waals surface area contributed by atoms with Gasteiger partial charge < -0.3 is 18.9 Å². The van der Waals surface area contributed by atoms with Gasteiger partial charge in [0.05, 0.1) is 31.5 Å². The molecule has 0 saturated heterocycles. The van der Waals surface area contributed by atoms with Crippen molar-refractivity contribution < 1.29 is 28.5 Å². The molecule has 0 spiro atoms. The molecule has 6 heteroatoms. The van der Waals surface area contributed by atoms with E-state index >= 15 is 0 Å². The lowest BCUT2D eigenvalue weighted by Gasteiger charge is -2.17. The summed E-state index contributed by atoms with van der Waals surface area (Å²) in [6.07, 6.45) is 0. The standard InChI is InChI=1S/C19H20O6/c1-4-23-16-10-15(25-12-20)11-17(24-5-2)18(16)13-6-8-14(9-7-13)19(21)22-3/h6-12H,4-5H2,1-3H3. The molecular weight excluding hydrogens is 324 g/mol. The van der Waals surface area contributed by atoms with E-state index in [2.05, 4.69) is 0 Å². The summed E-state index contributed by atoms with van der Waals surface area (Å²) in [5.41, 5.74) is 1.97. The topological polar surface area (TPSA) is 71.1 Å². The van der Waals surface area contributed by atoms with Crippen molar-refractivity contribution >= 4 is 12.4 Å². The first-order valence-corrected chi connectivity index (χ1v) is 7.87. The van der Waals surface area contributed by atoms with Gasteiger partial charge in [-0.3, -0.25) is 4.79 Å². The largest absolute Gasteiger partial charge is 0.493 e. The fourth-order valence-electron chi connectivity index (χ4n) is 2.40. The molecule has 25 heavy (non-hydrogen) atoms. The van der Waals surface area contributed by atoms with Crippen molar-refractivity contribution in [3.05, 3.63) is 42.0 Å². The average molecular weight is 344 g/mol. The number of ether oxygens (including phenoxy) is 4. The third kappa shape index (κ3) is 4.29. The first-order valence-electron chi connectivity index (χ1n) is 7.87. The molecule has 0 amide bonds. The van der Waals surface area contributed by atoms with Crippen molar-refractivity contribution in [2.75, 3.05) is 20.3 Å². The van der Waals surface area contributed by atoms with Crippen LogP contribution in [0.25, 0.3) is 11.1 Å². The van der Waals surface area contributed by atoms with Crippen LogP contribution in [0, 0.1) is 0 Å². The molecule has 2 rings (SSSR count). The number of benzene rings is 2. The molecule has 0 atom stereocenters. The monoisotopic (exact) mass is 344 g/mol. The Kier molecular flexibility index (Phi) is 6.39. The molecule has 0 heterocycles. The minimum Gasteiger partial charge on any atom is -0.493 e. The van der Waals surface area contributed by atoms with Crippen LogP contribution in [0.2, 0.25) is 0 Å². The lowest BCUT2D eigenvalue weighted by atomic mass is 10.0. The minimum atomic E-state index is -0.406. The molecule has 0 bridgehead atoms. The van der Waals surface area contributed by atoms with E-state index in [0.29, 0.717) is 42.5 Å². The quantitative estimate of drug-likeness (QED) is 0.539. The number of methoxy groups -OCH3 is 1. The van der Waals surface area contributed by atoms with Crippen LogP contribution in [-0.4, -0.2) is 32.8 Å².